The van der Waals surface area contributed by atoms with Crippen LogP contribution < -0.4 is 21.1 Å². The predicted molar refractivity (Wildman–Crippen MR) is 63.4 cm³/mol. The van der Waals surface area contributed by atoms with Gasteiger partial charge in [0, 0.05) is 19.3 Å². The quantitative estimate of drug-likeness (QED) is 0.733. The Labute approximate surface area is 95.0 Å². The molecule has 5 heteroatoms. The Kier molecular flexibility index (Phi) is 4.13. The molecule has 1 atom stereocenters. The summed E-state index contributed by atoms with van der Waals surface area (Å²) in [4.78, 5) is 12.7. The molecule has 0 fully saturated rings. The monoisotopic (exact) mass is 223 g/mol. The van der Waals surface area contributed by atoms with Crippen molar-refractivity contribution in [3.05, 3.63) is 24.3 Å². The molecular formula is C11H17N3O2. The number of likely N-dealkylation sites (N-methyl/N-ethyl adjacent to an activating group) is 1. The molecule has 0 bridgehead atoms. The van der Waals surface area contributed by atoms with Crippen LogP contribution in [-0.4, -0.2) is 32.7 Å². The minimum absolute atomic E-state index is 0.391. The second-order valence-corrected chi connectivity index (χ2v) is 3.59. The van der Waals surface area contributed by atoms with Crippen LogP contribution in [0.2, 0.25) is 0 Å². The predicted octanol–water partition coefficient (Wildman–Crippen LogP) is -0.0560. The van der Waals surface area contributed by atoms with E-state index in [-0.39, 0.29) is 0 Å². The molecular weight excluding hydrogens is 206 g/mol. The van der Waals surface area contributed by atoms with Crippen LogP contribution in [0, 0.1) is 0 Å². The molecule has 88 valence electrons. The molecule has 0 radical (unpaired) electrons. The van der Waals surface area contributed by atoms with Crippen molar-refractivity contribution < 1.29 is 9.53 Å². The highest BCUT2D eigenvalue weighted by Gasteiger charge is 2.12. The average Bonchev–Trinajstić information content (AvgIpc) is 2.28. The first-order valence-electron chi connectivity index (χ1n) is 4.94. The van der Waals surface area contributed by atoms with Gasteiger partial charge in [-0.25, -0.2) is 0 Å². The van der Waals surface area contributed by atoms with Crippen LogP contribution in [0.25, 0.3) is 0 Å². The summed E-state index contributed by atoms with van der Waals surface area (Å²) in [5.74, 6) is 0.289. The lowest BCUT2D eigenvalue weighted by Gasteiger charge is -2.21. The van der Waals surface area contributed by atoms with Crippen molar-refractivity contribution in [2.24, 2.45) is 11.5 Å². The zero-order valence-corrected chi connectivity index (χ0v) is 9.51. The normalized spacial score (nSPS) is 11.9. The molecule has 0 saturated heterocycles. The molecule has 0 spiro atoms. The average molecular weight is 223 g/mol. The Balaban J connectivity index is 2.65. The van der Waals surface area contributed by atoms with Crippen molar-refractivity contribution in [2.45, 2.75) is 6.04 Å². The Bertz CT molecular complexity index is 351. The van der Waals surface area contributed by atoms with E-state index in [1.165, 1.54) is 0 Å². The molecule has 1 unspecified atom stereocenters. The van der Waals surface area contributed by atoms with Crippen LogP contribution in [0.5, 0.6) is 5.75 Å². The number of hydrogen-bond donors (Lipinski definition) is 2. The topological polar surface area (TPSA) is 81.6 Å². The van der Waals surface area contributed by atoms with Gasteiger partial charge in [-0.05, 0) is 24.3 Å². The first-order valence-corrected chi connectivity index (χ1v) is 4.94. The molecule has 1 amide bonds. The molecule has 5 nitrogen and oxygen atoms in total. The van der Waals surface area contributed by atoms with Gasteiger partial charge in [-0.2, -0.15) is 0 Å². The largest absolute Gasteiger partial charge is 0.497 e. The number of rotatable bonds is 5. The van der Waals surface area contributed by atoms with E-state index >= 15 is 0 Å². The minimum Gasteiger partial charge on any atom is -0.497 e. The molecule has 0 aliphatic rings. The van der Waals surface area contributed by atoms with Gasteiger partial charge in [-0.15, -0.1) is 0 Å². The summed E-state index contributed by atoms with van der Waals surface area (Å²) in [5, 5.41) is 0. The summed E-state index contributed by atoms with van der Waals surface area (Å²) in [7, 11) is 3.46. The van der Waals surface area contributed by atoms with Gasteiger partial charge < -0.3 is 21.1 Å². The molecule has 4 N–H and O–H groups in total. The van der Waals surface area contributed by atoms with Gasteiger partial charge in [0.05, 0.1) is 7.11 Å². The van der Waals surface area contributed by atoms with E-state index in [2.05, 4.69) is 0 Å². The summed E-state index contributed by atoms with van der Waals surface area (Å²) < 4.78 is 5.05. The molecule has 1 aromatic carbocycles. The van der Waals surface area contributed by atoms with Gasteiger partial charge in [0.1, 0.15) is 11.8 Å². The molecule has 0 aliphatic carbocycles. The van der Waals surface area contributed by atoms with Crippen LogP contribution in [0.15, 0.2) is 24.3 Å². The van der Waals surface area contributed by atoms with Crippen LogP contribution in [0.3, 0.4) is 0 Å². The number of carbonyl (C=O) groups is 1. The maximum atomic E-state index is 10.8. The summed E-state index contributed by atoms with van der Waals surface area (Å²) in [6.45, 7) is 0.391. The number of nitrogens with two attached hydrogens (primary N) is 2. The second kappa shape index (κ2) is 5.37. The van der Waals surface area contributed by atoms with Gasteiger partial charge in [-0.3, -0.25) is 4.79 Å². The molecule has 1 rings (SSSR count). The summed E-state index contributed by atoms with van der Waals surface area (Å²) in [6.07, 6.45) is 0. The van der Waals surface area contributed by atoms with Crippen molar-refractivity contribution in [3.8, 4) is 5.75 Å². The van der Waals surface area contributed by atoms with Crippen molar-refractivity contribution >= 4 is 11.6 Å². The summed E-state index contributed by atoms with van der Waals surface area (Å²) in [5.41, 5.74) is 11.6. The Hall–Kier alpha value is -1.75. The van der Waals surface area contributed by atoms with Crippen LogP contribution >= 0.6 is 0 Å². The lowest BCUT2D eigenvalue weighted by atomic mass is 10.2. The maximum absolute atomic E-state index is 10.8. The van der Waals surface area contributed by atoms with Crippen molar-refractivity contribution in [1.29, 1.82) is 0 Å². The standard InChI is InChI=1S/C11H17N3O2/c1-14(7-10(12)11(13)15)8-3-5-9(16-2)6-4-8/h3-6,10H,7,12H2,1-2H3,(H2,13,15). The van der Waals surface area contributed by atoms with Crippen molar-refractivity contribution in [3.63, 3.8) is 0 Å². The maximum Gasteiger partial charge on any atom is 0.236 e. The Morgan fingerprint density at radius 1 is 1.44 bits per heavy atom. The molecule has 0 saturated carbocycles. The van der Waals surface area contributed by atoms with E-state index in [9.17, 15) is 4.79 Å². The van der Waals surface area contributed by atoms with E-state index in [4.69, 9.17) is 16.2 Å². The van der Waals surface area contributed by atoms with E-state index in [1.54, 1.807) is 7.11 Å². The Morgan fingerprint density at radius 2 is 2.00 bits per heavy atom. The van der Waals surface area contributed by atoms with Crippen LogP contribution in [0.4, 0.5) is 5.69 Å². The number of carbonyl (C=O) groups excluding carboxylic acids is 1. The van der Waals surface area contributed by atoms with E-state index in [0.717, 1.165) is 11.4 Å². The number of primary amides is 1. The van der Waals surface area contributed by atoms with E-state index < -0.39 is 11.9 Å². The van der Waals surface area contributed by atoms with Gasteiger partial charge in [0.2, 0.25) is 5.91 Å². The second-order valence-electron chi connectivity index (χ2n) is 3.59. The number of methoxy groups -OCH3 is 1. The van der Waals surface area contributed by atoms with E-state index in [0.29, 0.717) is 6.54 Å². The number of anilines is 1. The molecule has 0 aliphatic heterocycles. The number of nitrogens with zero attached hydrogens (tertiary/aromatic N) is 1. The third-order valence-corrected chi connectivity index (χ3v) is 2.35. The van der Waals surface area contributed by atoms with Gasteiger partial charge in [-0.1, -0.05) is 0 Å². The Morgan fingerprint density at radius 3 is 2.44 bits per heavy atom. The first kappa shape index (κ1) is 12.3. The zero-order chi connectivity index (χ0) is 12.1. The fourth-order valence-corrected chi connectivity index (χ4v) is 1.33. The third kappa shape index (κ3) is 3.13. The number of amides is 1. The molecule has 1 aromatic rings. The van der Waals surface area contributed by atoms with Gasteiger partial charge in [0.25, 0.3) is 0 Å². The number of hydrogen-bond acceptors (Lipinski definition) is 4. The molecule has 0 aromatic heterocycles. The smallest absolute Gasteiger partial charge is 0.236 e. The van der Waals surface area contributed by atoms with Crippen LogP contribution in [-0.2, 0) is 4.79 Å². The third-order valence-electron chi connectivity index (χ3n) is 2.35. The van der Waals surface area contributed by atoms with Crippen molar-refractivity contribution in [2.75, 3.05) is 25.6 Å². The number of benzene rings is 1. The highest BCUT2D eigenvalue weighted by atomic mass is 16.5. The summed E-state index contributed by atoms with van der Waals surface area (Å²) >= 11 is 0. The molecule has 0 heterocycles. The fourth-order valence-electron chi connectivity index (χ4n) is 1.33. The van der Waals surface area contributed by atoms with Gasteiger partial charge >= 0.3 is 0 Å². The van der Waals surface area contributed by atoms with E-state index in [1.807, 2.05) is 36.2 Å². The fraction of sp³-hybridized carbons (Fsp3) is 0.364. The number of ether oxygens (including phenoxy) is 1. The van der Waals surface area contributed by atoms with Crippen LogP contribution in [0.1, 0.15) is 0 Å². The SMILES string of the molecule is COc1ccc(N(C)CC(N)C(N)=O)cc1. The van der Waals surface area contributed by atoms with Crippen molar-refractivity contribution in [1.82, 2.24) is 0 Å². The minimum atomic E-state index is -0.660. The first-order chi connectivity index (χ1) is 7.54. The molecule has 16 heavy (non-hydrogen) atoms. The summed E-state index contributed by atoms with van der Waals surface area (Å²) in [6, 6.07) is 6.83. The highest BCUT2D eigenvalue weighted by Crippen LogP contribution is 2.17. The van der Waals surface area contributed by atoms with Gasteiger partial charge in [0.15, 0.2) is 0 Å². The zero-order valence-electron chi connectivity index (χ0n) is 9.51. The lowest BCUT2D eigenvalue weighted by Crippen LogP contribution is -2.44. The highest BCUT2D eigenvalue weighted by molar-refractivity contribution is 5.80. The lowest BCUT2D eigenvalue weighted by molar-refractivity contribution is -0.119.